The summed E-state index contributed by atoms with van der Waals surface area (Å²) in [5.41, 5.74) is 4.71. The van der Waals surface area contributed by atoms with Crippen molar-refractivity contribution in [2.24, 2.45) is 0 Å². The van der Waals surface area contributed by atoms with E-state index in [0.29, 0.717) is 17.1 Å². The predicted octanol–water partition coefficient (Wildman–Crippen LogP) is 3.05. The number of hydrazine groups is 1. The van der Waals surface area contributed by atoms with Gasteiger partial charge in [-0.05, 0) is 52.3 Å². The van der Waals surface area contributed by atoms with E-state index in [9.17, 15) is 14.9 Å². The van der Waals surface area contributed by atoms with E-state index in [2.05, 4.69) is 47.1 Å². The van der Waals surface area contributed by atoms with Crippen LogP contribution < -0.4 is 20.9 Å². The molecular formula is C17H14BrN7O4. The quantitative estimate of drug-likeness (QED) is 0.358. The molecule has 0 atom stereocenters. The number of amides is 1. The monoisotopic (exact) mass is 459 g/mol. The molecular weight excluding hydrogens is 446 g/mol. The molecule has 11 nitrogen and oxygen atoms in total. The summed E-state index contributed by atoms with van der Waals surface area (Å²) < 4.78 is 5.79. The fourth-order valence-electron chi connectivity index (χ4n) is 2.24. The van der Waals surface area contributed by atoms with Gasteiger partial charge in [0.2, 0.25) is 11.6 Å². The van der Waals surface area contributed by atoms with E-state index in [1.807, 2.05) is 0 Å². The predicted molar refractivity (Wildman–Crippen MR) is 108 cm³/mol. The first kappa shape index (κ1) is 19.9. The molecule has 0 saturated heterocycles. The zero-order chi connectivity index (χ0) is 20.8. The minimum Gasteiger partial charge on any atom is -0.497 e. The molecule has 2 heterocycles. The molecule has 3 rings (SSSR count). The number of carbonyl (C=O) groups is 1. The third-order valence-electron chi connectivity index (χ3n) is 3.63. The van der Waals surface area contributed by atoms with Gasteiger partial charge in [-0.1, -0.05) is 0 Å². The molecule has 1 amide bonds. The zero-order valence-corrected chi connectivity index (χ0v) is 16.5. The smallest absolute Gasteiger partial charge is 0.355 e. The van der Waals surface area contributed by atoms with Crippen LogP contribution in [0.4, 0.5) is 23.1 Å². The van der Waals surface area contributed by atoms with Crippen LogP contribution in [-0.4, -0.2) is 32.9 Å². The number of nitrogens with one attached hydrogen (secondary N) is 3. The Balaban J connectivity index is 1.78. The lowest BCUT2D eigenvalue weighted by atomic mass is 10.2. The van der Waals surface area contributed by atoms with E-state index >= 15 is 0 Å². The second-order valence-electron chi connectivity index (χ2n) is 5.47. The second-order valence-corrected chi connectivity index (χ2v) is 6.39. The average molecular weight is 460 g/mol. The van der Waals surface area contributed by atoms with Gasteiger partial charge in [0.15, 0.2) is 0 Å². The topological polar surface area (TPSA) is 144 Å². The normalized spacial score (nSPS) is 10.1. The minimum absolute atomic E-state index is 0.0824. The summed E-state index contributed by atoms with van der Waals surface area (Å²) >= 11 is 3.26. The molecule has 2 aromatic heterocycles. The summed E-state index contributed by atoms with van der Waals surface area (Å²) in [6.45, 7) is 0. The molecule has 0 bridgehead atoms. The van der Waals surface area contributed by atoms with Gasteiger partial charge < -0.3 is 10.1 Å². The summed E-state index contributed by atoms with van der Waals surface area (Å²) in [6, 6.07) is 9.68. The lowest BCUT2D eigenvalue weighted by Gasteiger charge is -2.11. The molecule has 0 unspecified atom stereocenters. The number of rotatable bonds is 7. The summed E-state index contributed by atoms with van der Waals surface area (Å²) in [7, 11) is 1.51. The first-order valence-corrected chi connectivity index (χ1v) is 8.85. The summed E-state index contributed by atoms with van der Waals surface area (Å²) in [5, 5.41) is 14.3. The molecule has 0 aliphatic rings. The molecule has 0 saturated carbocycles. The number of benzene rings is 1. The molecule has 0 fully saturated rings. The third kappa shape index (κ3) is 4.93. The van der Waals surface area contributed by atoms with Crippen LogP contribution in [0.25, 0.3) is 0 Å². The van der Waals surface area contributed by atoms with E-state index in [1.165, 1.54) is 13.3 Å². The lowest BCUT2D eigenvalue weighted by molar-refractivity contribution is -0.383. The Kier molecular flexibility index (Phi) is 6.14. The molecule has 148 valence electrons. The molecule has 3 aromatic rings. The van der Waals surface area contributed by atoms with Crippen molar-refractivity contribution in [3.8, 4) is 5.75 Å². The van der Waals surface area contributed by atoms with Crippen molar-refractivity contribution in [3.05, 3.63) is 69.1 Å². The molecule has 0 spiro atoms. The standard InChI is InChI=1S/C17H14BrN7O4/c1-29-12-5-2-10(3-6-12)17(26)24-23-16-14(25(27)28)15(20-9-21-16)22-13-7-4-11(18)8-19-13/h2-9H,1H3,(H,24,26)(H2,19,20,21,22,23). The highest BCUT2D eigenvalue weighted by Crippen LogP contribution is 2.30. The molecule has 0 aliphatic heterocycles. The molecule has 29 heavy (non-hydrogen) atoms. The van der Waals surface area contributed by atoms with Gasteiger partial charge in [-0.2, -0.15) is 0 Å². The highest BCUT2D eigenvalue weighted by atomic mass is 79.9. The van der Waals surface area contributed by atoms with Crippen LogP contribution in [0, 0.1) is 10.1 Å². The first-order valence-electron chi connectivity index (χ1n) is 8.06. The summed E-state index contributed by atoms with van der Waals surface area (Å²) in [4.78, 5) is 35.0. The number of methoxy groups -OCH3 is 1. The van der Waals surface area contributed by atoms with Gasteiger partial charge in [0.25, 0.3) is 5.91 Å². The van der Waals surface area contributed by atoms with Gasteiger partial charge in [-0.25, -0.2) is 15.0 Å². The highest BCUT2D eigenvalue weighted by molar-refractivity contribution is 9.10. The Morgan fingerprint density at radius 1 is 1.10 bits per heavy atom. The van der Waals surface area contributed by atoms with Crippen molar-refractivity contribution < 1.29 is 14.5 Å². The van der Waals surface area contributed by atoms with Crippen LogP contribution in [0.15, 0.2) is 53.4 Å². The molecule has 1 aromatic carbocycles. The number of aromatic nitrogens is 3. The maximum atomic E-state index is 12.2. The lowest BCUT2D eigenvalue weighted by Crippen LogP contribution is -2.30. The fourth-order valence-corrected chi connectivity index (χ4v) is 2.47. The molecule has 3 N–H and O–H groups in total. The fraction of sp³-hybridized carbons (Fsp3) is 0.0588. The van der Waals surface area contributed by atoms with E-state index in [4.69, 9.17) is 4.74 Å². The Bertz CT molecular complexity index is 1030. The van der Waals surface area contributed by atoms with E-state index in [0.717, 1.165) is 10.8 Å². The number of hydrogen-bond donors (Lipinski definition) is 3. The van der Waals surface area contributed by atoms with Gasteiger partial charge >= 0.3 is 5.69 Å². The number of nitrogens with zero attached hydrogens (tertiary/aromatic N) is 4. The van der Waals surface area contributed by atoms with Gasteiger partial charge in [0.05, 0.1) is 12.0 Å². The van der Waals surface area contributed by atoms with E-state index in [1.54, 1.807) is 36.4 Å². The van der Waals surface area contributed by atoms with Gasteiger partial charge in [0.1, 0.15) is 17.9 Å². The van der Waals surface area contributed by atoms with Gasteiger partial charge in [-0.3, -0.25) is 25.8 Å². The van der Waals surface area contributed by atoms with E-state index < -0.39 is 16.5 Å². The molecule has 0 radical (unpaired) electrons. The number of ether oxygens (including phenoxy) is 1. The van der Waals surface area contributed by atoms with Crippen LogP contribution >= 0.6 is 15.9 Å². The van der Waals surface area contributed by atoms with Crippen LogP contribution in [0.3, 0.4) is 0 Å². The minimum atomic E-state index is -0.664. The van der Waals surface area contributed by atoms with Gasteiger partial charge in [-0.15, -0.1) is 0 Å². The van der Waals surface area contributed by atoms with Crippen LogP contribution in [0.2, 0.25) is 0 Å². The van der Waals surface area contributed by atoms with Crippen molar-refractivity contribution >= 4 is 45.0 Å². The number of nitro groups is 1. The Morgan fingerprint density at radius 2 is 1.83 bits per heavy atom. The maximum Gasteiger partial charge on any atom is 0.355 e. The Labute approximate surface area is 172 Å². The molecule has 0 aliphatic carbocycles. The number of hydrogen-bond acceptors (Lipinski definition) is 9. The van der Waals surface area contributed by atoms with Crippen molar-refractivity contribution in [1.82, 2.24) is 20.4 Å². The Hall–Kier alpha value is -3.80. The highest BCUT2D eigenvalue weighted by Gasteiger charge is 2.24. The second kappa shape index (κ2) is 8.93. The number of carbonyl (C=O) groups excluding carboxylic acids is 1. The van der Waals surface area contributed by atoms with Crippen LogP contribution in [0.5, 0.6) is 5.75 Å². The van der Waals surface area contributed by atoms with Crippen molar-refractivity contribution in [3.63, 3.8) is 0 Å². The Morgan fingerprint density at radius 3 is 2.45 bits per heavy atom. The van der Waals surface area contributed by atoms with Crippen molar-refractivity contribution in [2.75, 3.05) is 17.9 Å². The number of halogens is 1. The van der Waals surface area contributed by atoms with Gasteiger partial charge in [0, 0.05) is 16.2 Å². The van der Waals surface area contributed by atoms with Crippen LogP contribution in [-0.2, 0) is 0 Å². The van der Waals surface area contributed by atoms with Crippen molar-refractivity contribution in [2.45, 2.75) is 0 Å². The third-order valence-corrected chi connectivity index (χ3v) is 4.09. The zero-order valence-electron chi connectivity index (χ0n) is 14.9. The average Bonchev–Trinajstić information content (AvgIpc) is 2.73. The largest absolute Gasteiger partial charge is 0.497 e. The number of pyridine rings is 1. The number of anilines is 3. The van der Waals surface area contributed by atoms with Crippen LogP contribution in [0.1, 0.15) is 10.4 Å². The molecule has 12 heteroatoms. The summed E-state index contributed by atoms with van der Waals surface area (Å²) in [5.74, 6) is 0.165. The van der Waals surface area contributed by atoms with Crippen molar-refractivity contribution in [1.29, 1.82) is 0 Å². The first-order chi connectivity index (χ1) is 14.0. The van der Waals surface area contributed by atoms with E-state index in [-0.39, 0.29) is 11.6 Å². The maximum absolute atomic E-state index is 12.2. The summed E-state index contributed by atoms with van der Waals surface area (Å²) in [6.07, 6.45) is 2.65. The SMILES string of the molecule is COc1ccc(C(=O)NNc2ncnc(Nc3ccc(Br)cn3)c2[N+](=O)[O-])cc1.